The molecule has 0 unspecified atom stereocenters. The van der Waals surface area contributed by atoms with Crippen molar-refractivity contribution in [3.05, 3.63) is 71.3 Å². The van der Waals surface area contributed by atoms with E-state index >= 15 is 0 Å². The zero-order chi connectivity index (χ0) is 22.4. The number of amides is 2. The standard InChI is InChI=1S/C23H24F3N3O2/c1-17-6-2-3-7-18(17)10-11-22(31)29-14-12-28(13-15-29)16-21(30)27-20-9-5-4-8-19(20)23(24,25)26/h2-11H,12-16H2,1H3,(H,27,30). The number of alkyl halides is 3. The van der Waals surface area contributed by atoms with Crippen LogP contribution in [-0.4, -0.2) is 54.3 Å². The minimum absolute atomic E-state index is 0.0345. The number of carbonyl (C=O) groups excluding carboxylic acids is 2. The van der Waals surface area contributed by atoms with Crippen molar-refractivity contribution in [3.8, 4) is 0 Å². The van der Waals surface area contributed by atoms with Gasteiger partial charge < -0.3 is 10.2 Å². The number of para-hydroxylation sites is 1. The Hall–Kier alpha value is -3.13. The number of carbonyl (C=O) groups is 2. The molecule has 2 amide bonds. The third-order valence-electron chi connectivity index (χ3n) is 5.15. The number of anilines is 1. The summed E-state index contributed by atoms with van der Waals surface area (Å²) in [6.07, 6.45) is -1.21. The molecule has 2 aromatic carbocycles. The lowest BCUT2D eigenvalue weighted by atomic mass is 10.1. The van der Waals surface area contributed by atoms with Crippen LogP contribution in [-0.2, 0) is 15.8 Å². The second-order valence-corrected chi connectivity index (χ2v) is 7.38. The molecule has 1 aliphatic rings. The Labute approximate surface area is 179 Å². The van der Waals surface area contributed by atoms with Crippen LogP contribution in [0.5, 0.6) is 0 Å². The number of aryl methyl sites for hydroxylation is 1. The highest BCUT2D eigenvalue weighted by molar-refractivity contribution is 5.93. The average Bonchev–Trinajstić information content (AvgIpc) is 2.73. The molecule has 8 heteroatoms. The molecule has 0 saturated carbocycles. The summed E-state index contributed by atoms with van der Waals surface area (Å²) in [7, 11) is 0. The van der Waals surface area contributed by atoms with E-state index in [9.17, 15) is 22.8 Å². The molecular formula is C23H24F3N3O2. The van der Waals surface area contributed by atoms with Crippen LogP contribution in [0.1, 0.15) is 16.7 Å². The highest BCUT2D eigenvalue weighted by Gasteiger charge is 2.33. The molecule has 1 aliphatic heterocycles. The Morgan fingerprint density at radius 1 is 1.00 bits per heavy atom. The fourth-order valence-corrected chi connectivity index (χ4v) is 3.40. The molecule has 0 aromatic heterocycles. The van der Waals surface area contributed by atoms with Crippen molar-refractivity contribution in [1.29, 1.82) is 0 Å². The maximum atomic E-state index is 13.1. The monoisotopic (exact) mass is 431 g/mol. The van der Waals surface area contributed by atoms with Gasteiger partial charge in [-0.2, -0.15) is 13.2 Å². The lowest BCUT2D eigenvalue weighted by Crippen LogP contribution is -2.50. The van der Waals surface area contributed by atoms with Crippen LogP contribution in [0.15, 0.2) is 54.6 Å². The molecule has 3 rings (SSSR count). The first kappa shape index (κ1) is 22.6. The van der Waals surface area contributed by atoms with E-state index in [-0.39, 0.29) is 18.1 Å². The topological polar surface area (TPSA) is 52.7 Å². The molecule has 1 heterocycles. The number of benzene rings is 2. The number of hydrogen-bond acceptors (Lipinski definition) is 3. The summed E-state index contributed by atoms with van der Waals surface area (Å²) in [5.41, 5.74) is 0.925. The van der Waals surface area contributed by atoms with E-state index in [0.29, 0.717) is 26.2 Å². The van der Waals surface area contributed by atoms with Crippen molar-refractivity contribution >= 4 is 23.6 Å². The Morgan fingerprint density at radius 3 is 2.32 bits per heavy atom. The minimum atomic E-state index is -4.54. The van der Waals surface area contributed by atoms with Gasteiger partial charge in [0.05, 0.1) is 17.8 Å². The van der Waals surface area contributed by atoms with Gasteiger partial charge in [-0.1, -0.05) is 36.4 Å². The predicted molar refractivity (Wildman–Crippen MR) is 113 cm³/mol. The van der Waals surface area contributed by atoms with Crippen molar-refractivity contribution in [3.63, 3.8) is 0 Å². The molecule has 2 aromatic rings. The Kier molecular flexibility index (Phi) is 7.12. The zero-order valence-corrected chi connectivity index (χ0v) is 17.2. The summed E-state index contributed by atoms with van der Waals surface area (Å²) in [5.74, 6) is -0.623. The Balaban J connectivity index is 1.50. The minimum Gasteiger partial charge on any atom is -0.337 e. The van der Waals surface area contributed by atoms with Gasteiger partial charge in [0.1, 0.15) is 0 Å². The molecule has 1 fully saturated rings. The van der Waals surface area contributed by atoms with Gasteiger partial charge in [0.2, 0.25) is 11.8 Å². The lowest BCUT2D eigenvalue weighted by molar-refractivity contribution is -0.137. The van der Waals surface area contributed by atoms with Gasteiger partial charge in [-0.15, -0.1) is 0 Å². The largest absolute Gasteiger partial charge is 0.418 e. The molecule has 31 heavy (non-hydrogen) atoms. The summed E-state index contributed by atoms with van der Waals surface area (Å²) in [6.45, 7) is 3.78. The molecule has 0 bridgehead atoms. The third kappa shape index (κ3) is 6.18. The molecule has 0 aliphatic carbocycles. The molecule has 0 radical (unpaired) electrons. The lowest BCUT2D eigenvalue weighted by Gasteiger charge is -2.33. The Morgan fingerprint density at radius 2 is 1.65 bits per heavy atom. The highest BCUT2D eigenvalue weighted by Crippen LogP contribution is 2.34. The number of nitrogens with one attached hydrogen (secondary N) is 1. The zero-order valence-electron chi connectivity index (χ0n) is 17.2. The second kappa shape index (κ2) is 9.78. The smallest absolute Gasteiger partial charge is 0.337 e. The maximum Gasteiger partial charge on any atom is 0.418 e. The van der Waals surface area contributed by atoms with E-state index in [0.717, 1.165) is 17.2 Å². The van der Waals surface area contributed by atoms with Gasteiger partial charge in [-0.05, 0) is 36.3 Å². The molecule has 164 valence electrons. The normalized spacial score (nSPS) is 15.3. The third-order valence-corrected chi connectivity index (χ3v) is 5.15. The maximum absolute atomic E-state index is 13.1. The van der Waals surface area contributed by atoms with Crippen LogP contribution < -0.4 is 5.32 Å². The first-order valence-corrected chi connectivity index (χ1v) is 9.95. The van der Waals surface area contributed by atoms with E-state index < -0.39 is 17.6 Å². The molecular weight excluding hydrogens is 407 g/mol. The van der Waals surface area contributed by atoms with Crippen LogP contribution >= 0.6 is 0 Å². The van der Waals surface area contributed by atoms with E-state index in [2.05, 4.69) is 5.32 Å². The molecule has 1 saturated heterocycles. The van der Waals surface area contributed by atoms with E-state index in [1.54, 1.807) is 17.1 Å². The first-order chi connectivity index (χ1) is 14.7. The molecule has 0 spiro atoms. The molecule has 0 atom stereocenters. The van der Waals surface area contributed by atoms with Crippen molar-refractivity contribution in [1.82, 2.24) is 9.80 Å². The Bertz CT molecular complexity index is 965. The summed E-state index contributed by atoms with van der Waals surface area (Å²) in [5, 5.41) is 2.35. The van der Waals surface area contributed by atoms with E-state index in [1.165, 1.54) is 18.2 Å². The number of rotatable bonds is 5. The fourth-order valence-electron chi connectivity index (χ4n) is 3.40. The van der Waals surface area contributed by atoms with E-state index in [1.807, 2.05) is 36.1 Å². The van der Waals surface area contributed by atoms with Gasteiger partial charge in [0, 0.05) is 32.3 Å². The van der Waals surface area contributed by atoms with Crippen molar-refractivity contribution in [2.45, 2.75) is 13.1 Å². The van der Waals surface area contributed by atoms with Gasteiger partial charge in [-0.25, -0.2) is 0 Å². The number of hydrogen-bond donors (Lipinski definition) is 1. The van der Waals surface area contributed by atoms with Crippen LogP contribution in [0.2, 0.25) is 0 Å². The second-order valence-electron chi connectivity index (χ2n) is 7.38. The van der Waals surface area contributed by atoms with Crippen molar-refractivity contribution in [2.75, 3.05) is 38.0 Å². The van der Waals surface area contributed by atoms with Crippen molar-refractivity contribution < 1.29 is 22.8 Å². The first-order valence-electron chi connectivity index (χ1n) is 9.95. The van der Waals surface area contributed by atoms with Gasteiger partial charge in [0.25, 0.3) is 0 Å². The quantitative estimate of drug-likeness (QED) is 0.733. The average molecular weight is 431 g/mol. The van der Waals surface area contributed by atoms with Crippen LogP contribution in [0.4, 0.5) is 18.9 Å². The van der Waals surface area contributed by atoms with Crippen molar-refractivity contribution in [2.24, 2.45) is 0 Å². The number of piperazine rings is 1. The van der Waals surface area contributed by atoms with Gasteiger partial charge in [0.15, 0.2) is 0 Å². The van der Waals surface area contributed by atoms with Crippen LogP contribution in [0.25, 0.3) is 6.08 Å². The molecule has 1 N–H and O–H groups in total. The number of nitrogens with zero attached hydrogens (tertiary/aromatic N) is 2. The summed E-state index contributed by atoms with van der Waals surface area (Å²) < 4.78 is 39.2. The summed E-state index contributed by atoms with van der Waals surface area (Å²) in [4.78, 5) is 28.2. The SMILES string of the molecule is Cc1ccccc1C=CC(=O)N1CCN(CC(=O)Nc2ccccc2C(F)(F)F)CC1. The molecule has 5 nitrogen and oxygen atoms in total. The van der Waals surface area contributed by atoms with Crippen LogP contribution in [0.3, 0.4) is 0 Å². The van der Waals surface area contributed by atoms with Gasteiger partial charge in [-0.3, -0.25) is 14.5 Å². The highest BCUT2D eigenvalue weighted by atomic mass is 19.4. The fraction of sp³-hybridized carbons (Fsp3) is 0.304. The van der Waals surface area contributed by atoms with E-state index in [4.69, 9.17) is 0 Å². The summed E-state index contributed by atoms with van der Waals surface area (Å²) >= 11 is 0. The number of halogens is 3. The van der Waals surface area contributed by atoms with Crippen LogP contribution in [0, 0.1) is 6.92 Å². The predicted octanol–water partition coefficient (Wildman–Crippen LogP) is 3.81. The summed E-state index contributed by atoms with van der Waals surface area (Å²) in [6, 6.07) is 12.7. The van der Waals surface area contributed by atoms with Gasteiger partial charge >= 0.3 is 6.18 Å².